The number of rotatable bonds is 6. The van der Waals surface area contributed by atoms with Crippen LogP contribution < -0.4 is 5.32 Å². The number of nitrogens with zero attached hydrogens (tertiary/aromatic N) is 1. The fourth-order valence-electron chi connectivity index (χ4n) is 2.82. The molecule has 0 aliphatic carbocycles. The average molecular weight is 392 g/mol. The first kappa shape index (κ1) is 19.6. The molecule has 5 nitrogen and oxygen atoms in total. The van der Waals surface area contributed by atoms with Crippen LogP contribution in [0.15, 0.2) is 81.2 Å². The van der Waals surface area contributed by atoms with Gasteiger partial charge in [-0.25, -0.2) is 4.79 Å². The third-order valence-electron chi connectivity index (χ3n) is 4.11. The maximum Gasteiger partial charge on any atom is 0.333 e. The second-order valence-corrected chi connectivity index (χ2v) is 7.23. The molecule has 1 heterocycles. The molecular weight excluding hydrogens is 372 g/mol. The van der Waals surface area contributed by atoms with Gasteiger partial charge in [0.15, 0.2) is 0 Å². The number of hydrogen-bond acceptors (Lipinski definition) is 5. The zero-order valence-corrected chi connectivity index (χ0v) is 16.3. The number of benzene rings is 2. The quantitative estimate of drug-likeness (QED) is 0.299. The van der Waals surface area contributed by atoms with Gasteiger partial charge in [-0.15, -0.1) is 0 Å². The SMILES string of the molecule is C=NC(C(=O)NCCOC(=O)C(=C)C)=C1c2ccccc2Sc2ccccc21. The highest BCUT2D eigenvalue weighted by atomic mass is 32.2. The maximum atomic E-state index is 12.8. The number of ether oxygens (including phenoxy) is 1. The van der Waals surface area contributed by atoms with E-state index in [0.29, 0.717) is 5.57 Å². The summed E-state index contributed by atoms with van der Waals surface area (Å²) in [6.45, 7) is 8.93. The average Bonchev–Trinajstić information content (AvgIpc) is 2.70. The molecule has 1 aliphatic rings. The Labute approximate surface area is 168 Å². The summed E-state index contributed by atoms with van der Waals surface area (Å²) in [6, 6.07) is 15.8. The van der Waals surface area contributed by atoms with E-state index in [9.17, 15) is 9.59 Å². The molecule has 1 amide bonds. The van der Waals surface area contributed by atoms with Crippen molar-refractivity contribution in [2.45, 2.75) is 16.7 Å². The zero-order chi connectivity index (χ0) is 20.1. The number of carbonyl (C=O) groups is 2. The van der Waals surface area contributed by atoms with Crippen LogP contribution >= 0.6 is 11.8 Å². The normalized spacial score (nSPS) is 11.7. The number of amides is 1. The predicted molar refractivity (Wildman–Crippen MR) is 111 cm³/mol. The summed E-state index contributed by atoms with van der Waals surface area (Å²) < 4.78 is 5.01. The summed E-state index contributed by atoms with van der Waals surface area (Å²) >= 11 is 1.66. The van der Waals surface area contributed by atoms with Crippen LogP contribution in [0.3, 0.4) is 0 Å². The second kappa shape index (κ2) is 8.71. The van der Waals surface area contributed by atoms with E-state index < -0.39 is 5.97 Å². The van der Waals surface area contributed by atoms with Gasteiger partial charge in [0.25, 0.3) is 5.91 Å². The van der Waals surface area contributed by atoms with Crippen molar-refractivity contribution in [1.29, 1.82) is 0 Å². The predicted octanol–water partition coefficient (Wildman–Crippen LogP) is 3.85. The topological polar surface area (TPSA) is 67.8 Å². The molecular formula is C22H20N2O3S. The molecule has 3 rings (SSSR count). The van der Waals surface area contributed by atoms with Gasteiger partial charge in [-0.3, -0.25) is 9.79 Å². The molecule has 0 saturated heterocycles. The van der Waals surface area contributed by atoms with E-state index in [1.54, 1.807) is 18.7 Å². The number of fused-ring (bicyclic) bond motifs is 2. The van der Waals surface area contributed by atoms with Crippen LogP contribution in [0.1, 0.15) is 18.1 Å². The molecule has 1 aliphatic heterocycles. The molecule has 0 spiro atoms. The third-order valence-corrected chi connectivity index (χ3v) is 5.26. The maximum absolute atomic E-state index is 12.8. The van der Waals surface area contributed by atoms with Gasteiger partial charge in [-0.2, -0.15) is 0 Å². The van der Waals surface area contributed by atoms with Crippen molar-refractivity contribution in [2.75, 3.05) is 13.2 Å². The van der Waals surface area contributed by atoms with E-state index in [2.05, 4.69) is 23.6 Å². The van der Waals surface area contributed by atoms with Crippen LogP contribution in [-0.4, -0.2) is 31.7 Å². The smallest absolute Gasteiger partial charge is 0.333 e. The first-order valence-electron chi connectivity index (χ1n) is 8.71. The van der Waals surface area contributed by atoms with E-state index in [1.807, 2.05) is 48.5 Å². The highest BCUT2D eigenvalue weighted by Gasteiger charge is 2.25. The zero-order valence-electron chi connectivity index (χ0n) is 15.5. The Morgan fingerprint density at radius 2 is 1.64 bits per heavy atom. The lowest BCUT2D eigenvalue weighted by Crippen LogP contribution is -2.29. The molecule has 0 fully saturated rings. The van der Waals surface area contributed by atoms with Crippen LogP contribution in [0.25, 0.3) is 5.57 Å². The highest BCUT2D eigenvalue weighted by molar-refractivity contribution is 7.99. The van der Waals surface area contributed by atoms with Crippen LogP contribution in [0, 0.1) is 0 Å². The Balaban J connectivity index is 1.89. The number of esters is 1. The fraction of sp³-hybridized carbons (Fsp3) is 0.136. The van der Waals surface area contributed by atoms with Gasteiger partial charge in [-0.1, -0.05) is 54.7 Å². The van der Waals surface area contributed by atoms with E-state index in [-0.39, 0.29) is 24.8 Å². The molecule has 0 aromatic heterocycles. The van der Waals surface area contributed by atoms with Gasteiger partial charge >= 0.3 is 5.97 Å². The minimum Gasteiger partial charge on any atom is -0.460 e. The minimum absolute atomic E-state index is 0.0558. The fourth-order valence-corrected chi connectivity index (χ4v) is 3.91. The van der Waals surface area contributed by atoms with Crippen molar-refractivity contribution in [3.05, 3.63) is 77.5 Å². The minimum atomic E-state index is -0.484. The lowest BCUT2D eigenvalue weighted by molar-refractivity contribution is -0.139. The number of aliphatic imine (C=N–C) groups is 1. The monoisotopic (exact) mass is 392 g/mol. The van der Waals surface area contributed by atoms with Gasteiger partial charge < -0.3 is 10.1 Å². The van der Waals surface area contributed by atoms with Gasteiger partial charge in [-0.05, 0) is 36.9 Å². The Morgan fingerprint density at radius 1 is 1.07 bits per heavy atom. The molecule has 0 saturated carbocycles. The van der Waals surface area contributed by atoms with Crippen molar-refractivity contribution in [1.82, 2.24) is 5.32 Å². The molecule has 2 aromatic rings. The van der Waals surface area contributed by atoms with Gasteiger partial charge in [0.2, 0.25) is 0 Å². The Morgan fingerprint density at radius 3 is 2.18 bits per heavy atom. The summed E-state index contributed by atoms with van der Waals surface area (Å²) in [5, 5.41) is 2.74. The second-order valence-electron chi connectivity index (χ2n) is 6.15. The molecule has 142 valence electrons. The lowest BCUT2D eigenvalue weighted by atomic mass is 9.95. The Kier molecular flexibility index (Phi) is 6.11. The summed E-state index contributed by atoms with van der Waals surface area (Å²) in [6.07, 6.45) is 0. The van der Waals surface area contributed by atoms with Crippen molar-refractivity contribution < 1.29 is 14.3 Å². The van der Waals surface area contributed by atoms with E-state index >= 15 is 0 Å². The van der Waals surface area contributed by atoms with Gasteiger partial charge in [0, 0.05) is 20.9 Å². The molecule has 0 unspecified atom stereocenters. The van der Waals surface area contributed by atoms with Gasteiger partial charge in [0.05, 0.1) is 6.54 Å². The van der Waals surface area contributed by atoms with E-state index in [1.165, 1.54) is 0 Å². The molecule has 1 N–H and O–H groups in total. The molecule has 6 heteroatoms. The van der Waals surface area contributed by atoms with E-state index in [0.717, 1.165) is 26.5 Å². The van der Waals surface area contributed by atoms with Gasteiger partial charge in [0.1, 0.15) is 12.3 Å². The largest absolute Gasteiger partial charge is 0.460 e. The van der Waals surface area contributed by atoms with E-state index in [4.69, 9.17) is 4.74 Å². The summed E-state index contributed by atoms with van der Waals surface area (Å²) in [7, 11) is 0. The first-order valence-corrected chi connectivity index (χ1v) is 9.53. The van der Waals surface area contributed by atoms with Crippen molar-refractivity contribution >= 4 is 35.9 Å². The molecule has 28 heavy (non-hydrogen) atoms. The molecule has 0 atom stereocenters. The summed E-state index contributed by atoms with van der Waals surface area (Å²) in [5.41, 5.74) is 3.19. The number of hydrogen-bond donors (Lipinski definition) is 1. The Bertz CT molecular complexity index is 947. The Hall–Kier alpha value is -3.12. The molecule has 2 aromatic carbocycles. The molecule has 0 radical (unpaired) electrons. The van der Waals surface area contributed by atoms with Crippen molar-refractivity contribution in [3.8, 4) is 0 Å². The highest BCUT2D eigenvalue weighted by Crippen LogP contribution is 2.46. The summed E-state index contributed by atoms with van der Waals surface area (Å²) in [4.78, 5) is 30.4. The molecule has 0 bridgehead atoms. The van der Waals surface area contributed by atoms with Crippen LogP contribution in [0.5, 0.6) is 0 Å². The summed E-state index contributed by atoms with van der Waals surface area (Å²) in [5.74, 6) is -0.852. The standard InChI is InChI=1S/C22H20N2O3S/c1-14(2)22(26)27-13-12-24-21(25)20(23-3)19-15-8-4-6-10-17(15)28-18-11-7-5-9-16(18)19/h4-11H,1,3,12-13H2,2H3,(H,24,25). The number of carbonyl (C=O) groups excluding carboxylic acids is 2. The van der Waals surface area contributed by atoms with Crippen LogP contribution in [0.4, 0.5) is 0 Å². The van der Waals surface area contributed by atoms with Crippen LogP contribution in [-0.2, 0) is 14.3 Å². The van der Waals surface area contributed by atoms with Crippen molar-refractivity contribution in [3.63, 3.8) is 0 Å². The third kappa shape index (κ3) is 4.07. The first-order chi connectivity index (χ1) is 13.5. The van der Waals surface area contributed by atoms with Crippen molar-refractivity contribution in [2.24, 2.45) is 4.99 Å². The number of nitrogens with one attached hydrogen (secondary N) is 1. The van der Waals surface area contributed by atoms with Crippen LogP contribution in [0.2, 0.25) is 0 Å². The lowest BCUT2D eigenvalue weighted by Gasteiger charge is -2.23.